The number of hydrogen-bond acceptors (Lipinski definition) is 3. The zero-order valence-electron chi connectivity index (χ0n) is 16.9. The van der Waals surface area contributed by atoms with E-state index >= 15 is 0 Å². The highest BCUT2D eigenvalue weighted by Gasteiger charge is 2.24. The van der Waals surface area contributed by atoms with E-state index in [1.165, 1.54) is 0 Å². The first kappa shape index (κ1) is 20.3. The molecule has 0 fully saturated rings. The Kier molecular flexibility index (Phi) is 6.45. The molecule has 0 bridgehead atoms. The summed E-state index contributed by atoms with van der Waals surface area (Å²) in [6, 6.07) is 24.6. The lowest BCUT2D eigenvalue weighted by atomic mass is 9.98. The number of carbonyl (C=O) groups excluding carboxylic acids is 2. The number of amides is 1. The Morgan fingerprint density at radius 2 is 1.38 bits per heavy atom. The number of hydrogen-bond donors (Lipinski definition) is 1. The molecule has 0 spiro atoms. The van der Waals surface area contributed by atoms with Crippen molar-refractivity contribution in [2.45, 2.75) is 32.9 Å². The molecule has 0 aromatic heterocycles. The van der Waals surface area contributed by atoms with Gasteiger partial charge < -0.3 is 10.1 Å². The molecule has 1 amide bonds. The maximum absolute atomic E-state index is 12.8. The van der Waals surface area contributed by atoms with E-state index in [0.29, 0.717) is 5.56 Å². The average Bonchev–Trinajstić information content (AvgIpc) is 2.73. The van der Waals surface area contributed by atoms with Crippen molar-refractivity contribution >= 4 is 11.9 Å². The van der Waals surface area contributed by atoms with Gasteiger partial charge in [0.25, 0.3) is 5.91 Å². The van der Waals surface area contributed by atoms with E-state index in [2.05, 4.69) is 5.32 Å². The molecule has 0 aliphatic heterocycles. The van der Waals surface area contributed by atoms with Gasteiger partial charge in [0.1, 0.15) is 0 Å². The van der Waals surface area contributed by atoms with Crippen LogP contribution < -0.4 is 5.32 Å². The van der Waals surface area contributed by atoms with E-state index in [4.69, 9.17) is 4.74 Å². The van der Waals surface area contributed by atoms with Crippen LogP contribution in [0.5, 0.6) is 0 Å². The average molecular weight is 387 g/mol. The summed E-state index contributed by atoms with van der Waals surface area (Å²) in [5, 5.41) is 3.01. The Labute approximate surface area is 171 Å². The van der Waals surface area contributed by atoms with Gasteiger partial charge in [0.05, 0.1) is 11.6 Å². The Balaban J connectivity index is 1.74. The monoisotopic (exact) mass is 387 g/mol. The van der Waals surface area contributed by atoms with Crippen LogP contribution in [-0.4, -0.2) is 18.0 Å². The van der Waals surface area contributed by atoms with E-state index < -0.39 is 12.1 Å². The normalized spacial score (nSPS) is 11.7. The van der Waals surface area contributed by atoms with Crippen molar-refractivity contribution in [3.8, 4) is 0 Å². The number of esters is 1. The number of benzene rings is 3. The van der Waals surface area contributed by atoms with Gasteiger partial charge in [-0.25, -0.2) is 4.79 Å². The molecule has 0 saturated heterocycles. The predicted octanol–water partition coefficient (Wildman–Crippen LogP) is 4.75. The second-order valence-corrected chi connectivity index (χ2v) is 7.13. The maximum Gasteiger partial charge on any atom is 0.339 e. The van der Waals surface area contributed by atoms with E-state index in [1.54, 1.807) is 13.0 Å². The number of nitrogens with one attached hydrogen (secondary N) is 1. The van der Waals surface area contributed by atoms with Crippen molar-refractivity contribution in [2.24, 2.45) is 0 Å². The highest BCUT2D eigenvalue weighted by atomic mass is 16.5. The fourth-order valence-electron chi connectivity index (χ4n) is 3.23. The zero-order valence-corrected chi connectivity index (χ0v) is 16.9. The Hall–Kier alpha value is -3.40. The minimum absolute atomic E-state index is 0.327. The Bertz CT molecular complexity index is 944. The summed E-state index contributed by atoms with van der Waals surface area (Å²) in [7, 11) is 0. The van der Waals surface area contributed by atoms with Gasteiger partial charge in [-0.2, -0.15) is 0 Å². The van der Waals surface area contributed by atoms with Gasteiger partial charge in [0.2, 0.25) is 0 Å². The van der Waals surface area contributed by atoms with Gasteiger partial charge in [-0.3, -0.25) is 4.79 Å². The lowest BCUT2D eigenvalue weighted by molar-refractivity contribution is -0.129. The molecule has 3 rings (SSSR count). The molecular weight excluding hydrogens is 362 g/mol. The first-order valence-electron chi connectivity index (χ1n) is 9.64. The van der Waals surface area contributed by atoms with E-state index in [9.17, 15) is 9.59 Å². The summed E-state index contributed by atoms with van der Waals surface area (Å²) in [6.45, 7) is 5.41. The van der Waals surface area contributed by atoms with Crippen LogP contribution in [0.2, 0.25) is 0 Å². The summed E-state index contributed by atoms with van der Waals surface area (Å²) >= 11 is 0. The third-order valence-corrected chi connectivity index (χ3v) is 4.81. The smallest absolute Gasteiger partial charge is 0.339 e. The molecular formula is C25H25NO3. The van der Waals surface area contributed by atoms with Crippen LogP contribution in [0.4, 0.5) is 0 Å². The fraction of sp³-hybridized carbons (Fsp3) is 0.200. The number of carbonyl (C=O) groups is 2. The lowest BCUT2D eigenvalue weighted by Gasteiger charge is -2.22. The van der Waals surface area contributed by atoms with Crippen molar-refractivity contribution in [3.63, 3.8) is 0 Å². The van der Waals surface area contributed by atoms with Gasteiger partial charge in [-0.15, -0.1) is 0 Å². The largest absolute Gasteiger partial charge is 0.449 e. The van der Waals surface area contributed by atoms with Gasteiger partial charge in [-0.05, 0) is 43.5 Å². The number of aryl methyl sites for hydroxylation is 2. The van der Waals surface area contributed by atoms with Gasteiger partial charge >= 0.3 is 5.97 Å². The summed E-state index contributed by atoms with van der Waals surface area (Å²) in [6.07, 6.45) is -0.918. The highest BCUT2D eigenvalue weighted by molar-refractivity contribution is 5.93. The predicted molar refractivity (Wildman–Crippen MR) is 114 cm³/mol. The van der Waals surface area contributed by atoms with E-state index in [0.717, 1.165) is 22.3 Å². The van der Waals surface area contributed by atoms with E-state index in [1.807, 2.05) is 86.6 Å². The second kappa shape index (κ2) is 9.20. The maximum atomic E-state index is 12.8. The summed E-state index contributed by atoms with van der Waals surface area (Å²) in [4.78, 5) is 25.3. The van der Waals surface area contributed by atoms with Crippen LogP contribution in [0, 0.1) is 13.8 Å². The lowest BCUT2D eigenvalue weighted by Crippen LogP contribution is -2.38. The standard InChI is InChI=1S/C25H25NO3/c1-17-14-15-22(18(2)16-17)25(28)29-19(3)24(27)26-23(20-10-6-4-7-11-20)21-12-8-5-9-13-21/h4-16,19,23H,1-3H3,(H,26,27)/t19-/m0/s1. The quantitative estimate of drug-likeness (QED) is 0.621. The number of ether oxygens (including phenoxy) is 1. The van der Waals surface area contributed by atoms with Crippen LogP contribution in [0.25, 0.3) is 0 Å². The molecule has 0 radical (unpaired) electrons. The first-order valence-corrected chi connectivity index (χ1v) is 9.64. The van der Waals surface area contributed by atoms with Crippen LogP contribution in [-0.2, 0) is 9.53 Å². The van der Waals surface area contributed by atoms with Crippen molar-refractivity contribution in [2.75, 3.05) is 0 Å². The van der Waals surface area contributed by atoms with Gasteiger partial charge in [0.15, 0.2) is 6.10 Å². The van der Waals surface area contributed by atoms with Gasteiger partial charge in [-0.1, -0.05) is 78.4 Å². The molecule has 1 N–H and O–H groups in total. The van der Waals surface area contributed by atoms with Crippen molar-refractivity contribution in [1.82, 2.24) is 5.32 Å². The molecule has 4 heteroatoms. The molecule has 1 atom stereocenters. The summed E-state index contributed by atoms with van der Waals surface area (Å²) in [5.74, 6) is -0.845. The Morgan fingerprint density at radius 1 is 0.828 bits per heavy atom. The zero-order chi connectivity index (χ0) is 20.8. The SMILES string of the molecule is Cc1ccc(C(=O)O[C@@H](C)C(=O)NC(c2ccccc2)c2ccccc2)c(C)c1. The molecule has 4 nitrogen and oxygen atoms in total. The molecule has 0 unspecified atom stereocenters. The van der Waals surface area contributed by atoms with Crippen LogP contribution in [0.3, 0.4) is 0 Å². The molecule has 0 aliphatic rings. The first-order chi connectivity index (χ1) is 14.0. The molecule has 3 aromatic carbocycles. The third-order valence-electron chi connectivity index (χ3n) is 4.81. The van der Waals surface area contributed by atoms with E-state index in [-0.39, 0.29) is 11.9 Å². The molecule has 0 saturated carbocycles. The summed E-state index contributed by atoms with van der Waals surface area (Å²) < 4.78 is 5.44. The fourth-order valence-corrected chi connectivity index (χ4v) is 3.23. The number of rotatable bonds is 6. The third kappa shape index (κ3) is 5.11. The highest BCUT2D eigenvalue weighted by Crippen LogP contribution is 2.22. The molecule has 3 aromatic rings. The minimum atomic E-state index is -0.918. The molecule has 0 aliphatic carbocycles. The topological polar surface area (TPSA) is 55.4 Å². The summed E-state index contributed by atoms with van der Waals surface area (Å²) in [5.41, 5.74) is 4.28. The Morgan fingerprint density at radius 3 is 1.90 bits per heavy atom. The molecule has 29 heavy (non-hydrogen) atoms. The van der Waals surface area contributed by atoms with Crippen LogP contribution in [0.15, 0.2) is 78.9 Å². The van der Waals surface area contributed by atoms with Crippen molar-refractivity contribution < 1.29 is 14.3 Å². The van der Waals surface area contributed by atoms with Crippen molar-refractivity contribution in [3.05, 3.63) is 107 Å². The molecule has 148 valence electrons. The van der Waals surface area contributed by atoms with Crippen LogP contribution in [0.1, 0.15) is 45.6 Å². The minimum Gasteiger partial charge on any atom is -0.449 e. The van der Waals surface area contributed by atoms with Gasteiger partial charge in [0, 0.05) is 0 Å². The molecule has 0 heterocycles. The van der Waals surface area contributed by atoms with Crippen LogP contribution >= 0.6 is 0 Å². The second-order valence-electron chi connectivity index (χ2n) is 7.13. The van der Waals surface area contributed by atoms with Crippen molar-refractivity contribution in [1.29, 1.82) is 0 Å².